The quantitative estimate of drug-likeness (QED) is 0.829. The van der Waals surface area contributed by atoms with Crippen LogP contribution in [0.2, 0.25) is 5.02 Å². The van der Waals surface area contributed by atoms with Gasteiger partial charge in [0, 0.05) is 28.9 Å². The molecule has 112 valence electrons. The van der Waals surface area contributed by atoms with Crippen molar-refractivity contribution in [2.24, 2.45) is 0 Å². The summed E-state index contributed by atoms with van der Waals surface area (Å²) in [5.41, 5.74) is 2.48. The van der Waals surface area contributed by atoms with E-state index < -0.39 is 0 Å². The van der Waals surface area contributed by atoms with Crippen LogP contribution in [-0.4, -0.2) is 11.0 Å². The summed E-state index contributed by atoms with van der Waals surface area (Å²) in [5.74, 6) is 0.477. The van der Waals surface area contributed by atoms with Crippen LogP contribution in [0.25, 0.3) is 0 Å². The summed E-state index contributed by atoms with van der Waals surface area (Å²) in [7, 11) is 0. The summed E-state index contributed by atoms with van der Waals surface area (Å²) >= 11 is 7.90. The van der Waals surface area contributed by atoms with E-state index in [1.165, 1.54) is 34.0 Å². The summed E-state index contributed by atoms with van der Waals surface area (Å²) in [4.78, 5) is 6.27. The zero-order valence-electron chi connectivity index (χ0n) is 12.5. The number of hydrogen-bond donors (Lipinski definition) is 1. The summed E-state index contributed by atoms with van der Waals surface area (Å²) in [6.45, 7) is 5.41. The molecule has 1 saturated carbocycles. The fraction of sp³-hybridized carbons (Fsp3) is 0.471. The molecular formula is C17H21ClN2S. The van der Waals surface area contributed by atoms with Crippen LogP contribution in [0.15, 0.2) is 24.3 Å². The highest BCUT2D eigenvalue weighted by Gasteiger charge is 2.22. The third-order valence-corrected chi connectivity index (χ3v) is 5.00. The molecule has 0 atom stereocenters. The predicted octanol–water partition coefficient (Wildman–Crippen LogP) is 4.76. The lowest BCUT2D eigenvalue weighted by Gasteiger charge is -2.05. The highest BCUT2D eigenvalue weighted by atomic mass is 35.5. The van der Waals surface area contributed by atoms with Crippen LogP contribution in [0.3, 0.4) is 0 Å². The number of rotatable bonds is 6. The first-order chi connectivity index (χ1) is 10.1. The second-order valence-corrected chi connectivity index (χ2v) is 7.64. The Morgan fingerprint density at radius 3 is 2.86 bits per heavy atom. The van der Waals surface area contributed by atoms with Crippen molar-refractivity contribution in [2.75, 3.05) is 0 Å². The molecule has 0 aliphatic heterocycles. The van der Waals surface area contributed by atoms with Crippen molar-refractivity contribution in [1.29, 1.82) is 0 Å². The van der Waals surface area contributed by atoms with Gasteiger partial charge in [0.15, 0.2) is 0 Å². The molecule has 0 radical (unpaired) electrons. The molecule has 1 fully saturated rings. The standard InChI is InChI=1S/C17H21ClN2S/c1-11(2)17-15(10-19-14-6-7-14)21-16(20-17)9-12-4-3-5-13(18)8-12/h3-5,8,11,14,19H,6-7,9-10H2,1-2H3. The number of halogens is 1. The lowest BCUT2D eigenvalue weighted by molar-refractivity contribution is 0.680. The Kier molecular flexibility index (Phi) is 4.63. The van der Waals surface area contributed by atoms with Crippen molar-refractivity contribution in [3.8, 4) is 0 Å². The van der Waals surface area contributed by atoms with Gasteiger partial charge in [0.1, 0.15) is 0 Å². The molecule has 0 saturated heterocycles. The van der Waals surface area contributed by atoms with Crippen LogP contribution in [0.4, 0.5) is 0 Å². The van der Waals surface area contributed by atoms with Crippen molar-refractivity contribution >= 4 is 22.9 Å². The van der Waals surface area contributed by atoms with Gasteiger partial charge in [-0.15, -0.1) is 11.3 Å². The first-order valence-electron chi connectivity index (χ1n) is 7.58. The molecule has 2 nitrogen and oxygen atoms in total. The maximum absolute atomic E-state index is 6.06. The molecule has 0 spiro atoms. The molecule has 0 unspecified atom stereocenters. The van der Waals surface area contributed by atoms with Gasteiger partial charge in [0.2, 0.25) is 0 Å². The van der Waals surface area contributed by atoms with E-state index in [9.17, 15) is 0 Å². The second-order valence-electron chi connectivity index (χ2n) is 6.03. The van der Waals surface area contributed by atoms with Crippen molar-refractivity contribution in [1.82, 2.24) is 10.3 Å². The highest BCUT2D eigenvalue weighted by molar-refractivity contribution is 7.11. The SMILES string of the molecule is CC(C)c1nc(Cc2cccc(Cl)c2)sc1CNC1CC1. The van der Waals surface area contributed by atoms with Crippen LogP contribution < -0.4 is 5.32 Å². The first kappa shape index (κ1) is 15.0. The largest absolute Gasteiger partial charge is 0.309 e. The Bertz CT molecular complexity index is 617. The molecule has 4 heteroatoms. The molecule has 3 rings (SSSR count). The average molecular weight is 321 g/mol. The smallest absolute Gasteiger partial charge is 0.0975 e. The highest BCUT2D eigenvalue weighted by Crippen LogP contribution is 2.28. The topological polar surface area (TPSA) is 24.9 Å². The summed E-state index contributed by atoms with van der Waals surface area (Å²) in [6.07, 6.45) is 3.52. The number of aromatic nitrogens is 1. The molecule has 2 aromatic rings. The number of nitrogens with one attached hydrogen (secondary N) is 1. The molecule has 0 amide bonds. The van der Waals surface area contributed by atoms with E-state index in [1.807, 2.05) is 29.5 Å². The summed E-state index contributed by atoms with van der Waals surface area (Å²) in [5, 5.41) is 5.59. The van der Waals surface area contributed by atoms with E-state index in [0.717, 1.165) is 24.0 Å². The summed E-state index contributed by atoms with van der Waals surface area (Å²) < 4.78 is 0. The number of thiazole rings is 1. The van der Waals surface area contributed by atoms with E-state index in [0.29, 0.717) is 5.92 Å². The molecule has 1 N–H and O–H groups in total. The minimum Gasteiger partial charge on any atom is -0.309 e. The average Bonchev–Trinajstić information content (AvgIpc) is 3.17. The summed E-state index contributed by atoms with van der Waals surface area (Å²) in [6, 6.07) is 8.80. The Morgan fingerprint density at radius 2 is 2.19 bits per heavy atom. The van der Waals surface area contributed by atoms with E-state index in [1.54, 1.807) is 0 Å². The molecule has 0 bridgehead atoms. The number of benzene rings is 1. The molecule has 21 heavy (non-hydrogen) atoms. The molecule has 1 aromatic carbocycles. The van der Waals surface area contributed by atoms with Gasteiger partial charge in [-0.1, -0.05) is 37.6 Å². The first-order valence-corrected chi connectivity index (χ1v) is 8.77. The monoisotopic (exact) mass is 320 g/mol. The van der Waals surface area contributed by atoms with Crippen molar-refractivity contribution in [3.63, 3.8) is 0 Å². The third kappa shape index (κ3) is 4.06. The van der Waals surface area contributed by atoms with Crippen molar-refractivity contribution in [2.45, 2.75) is 51.6 Å². The minimum atomic E-state index is 0.477. The van der Waals surface area contributed by atoms with Gasteiger partial charge in [-0.3, -0.25) is 0 Å². The van der Waals surface area contributed by atoms with Gasteiger partial charge in [0.05, 0.1) is 10.7 Å². The van der Waals surface area contributed by atoms with Gasteiger partial charge in [-0.05, 0) is 36.5 Å². The fourth-order valence-electron chi connectivity index (χ4n) is 2.41. The number of nitrogens with zero attached hydrogens (tertiary/aromatic N) is 1. The third-order valence-electron chi connectivity index (χ3n) is 3.69. The Labute approximate surface area is 135 Å². The number of hydrogen-bond acceptors (Lipinski definition) is 3. The molecule has 1 heterocycles. The Hall–Kier alpha value is -0.900. The normalized spacial score (nSPS) is 14.9. The molecular weight excluding hydrogens is 300 g/mol. The van der Waals surface area contributed by atoms with E-state index >= 15 is 0 Å². The molecule has 1 aliphatic rings. The van der Waals surface area contributed by atoms with Gasteiger partial charge in [-0.2, -0.15) is 0 Å². The fourth-order valence-corrected chi connectivity index (χ4v) is 3.83. The van der Waals surface area contributed by atoms with Crippen LogP contribution in [0, 0.1) is 0 Å². The van der Waals surface area contributed by atoms with E-state index in [-0.39, 0.29) is 0 Å². The maximum Gasteiger partial charge on any atom is 0.0975 e. The van der Waals surface area contributed by atoms with Crippen LogP contribution in [-0.2, 0) is 13.0 Å². The van der Waals surface area contributed by atoms with E-state index in [2.05, 4.69) is 25.2 Å². The van der Waals surface area contributed by atoms with Gasteiger partial charge in [-0.25, -0.2) is 4.98 Å². The lowest BCUT2D eigenvalue weighted by Crippen LogP contribution is -2.15. The van der Waals surface area contributed by atoms with Gasteiger partial charge in [0.25, 0.3) is 0 Å². The van der Waals surface area contributed by atoms with Gasteiger partial charge >= 0.3 is 0 Å². The van der Waals surface area contributed by atoms with Gasteiger partial charge < -0.3 is 5.32 Å². The second kappa shape index (κ2) is 6.47. The Morgan fingerprint density at radius 1 is 1.38 bits per heavy atom. The minimum absolute atomic E-state index is 0.477. The van der Waals surface area contributed by atoms with Crippen LogP contribution in [0.1, 0.15) is 53.7 Å². The van der Waals surface area contributed by atoms with Crippen LogP contribution in [0.5, 0.6) is 0 Å². The molecule has 1 aliphatic carbocycles. The zero-order chi connectivity index (χ0) is 14.8. The lowest BCUT2D eigenvalue weighted by atomic mass is 10.1. The van der Waals surface area contributed by atoms with Crippen molar-refractivity contribution < 1.29 is 0 Å². The van der Waals surface area contributed by atoms with Crippen LogP contribution >= 0.6 is 22.9 Å². The van der Waals surface area contributed by atoms with Crippen molar-refractivity contribution in [3.05, 3.63) is 50.4 Å². The Balaban J connectivity index is 1.76. The maximum atomic E-state index is 6.06. The zero-order valence-corrected chi connectivity index (χ0v) is 14.1. The predicted molar refractivity (Wildman–Crippen MR) is 90.3 cm³/mol. The molecule has 1 aromatic heterocycles. The van der Waals surface area contributed by atoms with E-state index in [4.69, 9.17) is 16.6 Å².